The van der Waals surface area contributed by atoms with Crippen molar-refractivity contribution in [2.75, 3.05) is 4.90 Å². The van der Waals surface area contributed by atoms with Gasteiger partial charge in [-0.25, -0.2) is 0 Å². The summed E-state index contributed by atoms with van der Waals surface area (Å²) in [5.41, 5.74) is 1.33. The van der Waals surface area contributed by atoms with Gasteiger partial charge in [0, 0.05) is 16.0 Å². The Morgan fingerprint density at radius 2 is 1.67 bits per heavy atom. The number of halogens is 2. The molecule has 1 fully saturated rings. The average Bonchev–Trinajstić information content (AvgIpc) is 3.15. The predicted octanol–water partition coefficient (Wildman–Crippen LogP) is 6.39. The first-order chi connectivity index (χ1) is 16.0. The molecule has 2 aliphatic heterocycles. The zero-order chi connectivity index (χ0) is 23.2. The van der Waals surface area contributed by atoms with Crippen LogP contribution >= 0.6 is 27.5 Å². The van der Waals surface area contributed by atoms with E-state index < -0.39 is 23.4 Å². The number of anilines is 1. The predicted molar refractivity (Wildman–Crippen MR) is 132 cm³/mol. The third-order valence-electron chi connectivity index (χ3n) is 6.53. The lowest BCUT2D eigenvalue weighted by Crippen LogP contribution is -2.44. The minimum atomic E-state index is -1.48. The van der Waals surface area contributed by atoms with Crippen LogP contribution in [0.3, 0.4) is 0 Å². The van der Waals surface area contributed by atoms with E-state index in [2.05, 4.69) is 28.1 Å². The van der Waals surface area contributed by atoms with Gasteiger partial charge in [0.15, 0.2) is 11.2 Å². The van der Waals surface area contributed by atoms with Crippen LogP contribution < -0.4 is 4.90 Å². The lowest BCUT2D eigenvalue weighted by molar-refractivity contribution is 0.0951. The van der Waals surface area contributed by atoms with Gasteiger partial charge >= 0.3 is 0 Å². The molecule has 0 N–H and O–H groups in total. The van der Waals surface area contributed by atoms with Gasteiger partial charge < -0.3 is 4.90 Å². The molecular weight excluding hydrogens is 498 g/mol. The molecule has 0 bridgehead atoms. The Kier molecular flexibility index (Phi) is 5.33. The highest BCUT2D eigenvalue weighted by atomic mass is 79.9. The summed E-state index contributed by atoms with van der Waals surface area (Å²) in [5.74, 6) is -0.836. The van der Waals surface area contributed by atoms with Crippen molar-refractivity contribution < 1.29 is 4.79 Å². The van der Waals surface area contributed by atoms with Crippen LogP contribution in [-0.2, 0) is 0 Å². The molecule has 33 heavy (non-hydrogen) atoms. The first-order valence-electron chi connectivity index (χ1n) is 10.4. The van der Waals surface area contributed by atoms with E-state index in [4.69, 9.17) is 11.6 Å². The molecule has 2 heterocycles. The molecule has 0 aliphatic carbocycles. The number of nitrogens with zero attached hydrogens (tertiary/aromatic N) is 3. The van der Waals surface area contributed by atoms with Crippen molar-refractivity contribution in [2.45, 2.75) is 18.0 Å². The second kappa shape index (κ2) is 8.19. The summed E-state index contributed by atoms with van der Waals surface area (Å²) in [6.45, 7) is 0. The molecule has 160 valence electrons. The second-order valence-corrected chi connectivity index (χ2v) is 9.51. The number of fused-ring (bicyclic) bond motifs is 3. The summed E-state index contributed by atoms with van der Waals surface area (Å²) in [6.07, 6.45) is 3.75. The number of hydrogen-bond acceptors (Lipinski definition) is 4. The Morgan fingerprint density at radius 1 is 0.970 bits per heavy atom. The van der Waals surface area contributed by atoms with Crippen LogP contribution in [0.4, 0.5) is 5.69 Å². The third-order valence-corrected chi connectivity index (χ3v) is 7.37. The number of carbonyl (C=O) groups is 1. The van der Waals surface area contributed by atoms with Crippen LogP contribution in [0.1, 0.15) is 27.4 Å². The van der Waals surface area contributed by atoms with Gasteiger partial charge in [0.1, 0.15) is 6.04 Å². The quantitative estimate of drug-likeness (QED) is 0.380. The zero-order valence-electron chi connectivity index (χ0n) is 17.3. The van der Waals surface area contributed by atoms with Gasteiger partial charge in [0.05, 0.1) is 28.9 Å². The Hall–Kier alpha value is -3.38. The van der Waals surface area contributed by atoms with Crippen LogP contribution in [0.15, 0.2) is 83.3 Å². The number of Topliss-reactive ketones (excluding diaryl/α,β-unsaturated/α-hetero) is 1. The van der Waals surface area contributed by atoms with Crippen molar-refractivity contribution in [2.24, 2.45) is 5.41 Å². The number of nitriles is 2. The maximum Gasteiger partial charge on any atom is 0.185 e. The summed E-state index contributed by atoms with van der Waals surface area (Å²) in [5, 5.41) is 21.3. The van der Waals surface area contributed by atoms with Crippen LogP contribution in [0.2, 0.25) is 5.02 Å². The second-order valence-electron chi connectivity index (χ2n) is 8.19. The van der Waals surface area contributed by atoms with Crippen molar-refractivity contribution in [3.63, 3.8) is 0 Å². The molecule has 3 aromatic carbocycles. The SMILES string of the molecule is N#CC1(C#N)C(c2ccccc2)C(C(=O)c2ccc(Br)cc2)N2c3c(Cl)cccc3C=CC21. The third kappa shape index (κ3) is 3.20. The number of benzene rings is 3. The maximum atomic E-state index is 14.1. The van der Waals surface area contributed by atoms with Crippen LogP contribution in [-0.4, -0.2) is 17.9 Å². The summed E-state index contributed by atoms with van der Waals surface area (Å²) in [4.78, 5) is 16.0. The fourth-order valence-electron chi connectivity index (χ4n) is 5.11. The van der Waals surface area contributed by atoms with Crippen LogP contribution in [0, 0.1) is 28.1 Å². The molecule has 6 heteroatoms. The molecule has 0 radical (unpaired) electrons. The summed E-state index contributed by atoms with van der Waals surface area (Å²) < 4.78 is 0.862. The fraction of sp³-hybridized carbons (Fsp3) is 0.148. The summed E-state index contributed by atoms with van der Waals surface area (Å²) >= 11 is 10.1. The smallest absolute Gasteiger partial charge is 0.185 e. The largest absolute Gasteiger partial charge is 0.350 e. The molecule has 3 atom stereocenters. The number of rotatable bonds is 3. The van der Waals surface area contributed by atoms with E-state index in [1.54, 1.807) is 18.2 Å². The van der Waals surface area contributed by atoms with E-state index in [0.717, 1.165) is 15.6 Å². The Labute approximate surface area is 205 Å². The van der Waals surface area contributed by atoms with Crippen molar-refractivity contribution in [1.82, 2.24) is 0 Å². The molecule has 0 aromatic heterocycles. The molecule has 3 unspecified atom stereocenters. The lowest BCUT2D eigenvalue weighted by atomic mass is 9.69. The molecule has 3 aromatic rings. The van der Waals surface area contributed by atoms with Crippen molar-refractivity contribution in [3.8, 4) is 12.1 Å². The van der Waals surface area contributed by atoms with Gasteiger partial charge in [-0.2, -0.15) is 10.5 Å². The minimum absolute atomic E-state index is 0.158. The van der Waals surface area contributed by atoms with E-state index >= 15 is 0 Å². The summed E-state index contributed by atoms with van der Waals surface area (Å²) in [6, 6.07) is 25.3. The van der Waals surface area contributed by atoms with Gasteiger partial charge in [-0.3, -0.25) is 4.79 Å². The van der Waals surface area contributed by atoms with E-state index in [9.17, 15) is 15.3 Å². The summed E-state index contributed by atoms with van der Waals surface area (Å²) in [7, 11) is 0. The monoisotopic (exact) mass is 513 g/mol. The van der Waals surface area contributed by atoms with Gasteiger partial charge in [0.2, 0.25) is 0 Å². The standard InChI is InChI=1S/C27H17BrClN3O/c28-20-12-9-19(10-13-20)26(33)25-23(17-5-2-1-3-6-17)27(15-30,16-31)22-14-11-18-7-4-8-21(29)24(18)32(22)25/h1-14,22-23,25H. The molecule has 0 spiro atoms. The molecule has 5 rings (SSSR count). The highest BCUT2D eigenvalue weighted by molar-refractivity contribution is 9.10. The van der Waals surface area contributed by atoms with E-state index in [1.807, 2.05) is 71.6 Å². The normalized spacial score (nSPS) is 22.1. The number of hydrogen-bond donors (Lipinski definition) is 0. The van der Waals surface area contributed by atoms with Gasteiger partial charge in [-0.15, -0.1) is 0 Å². The molecule has 0 saturated carbocycles. The number of para-hydroxylation sites is 1. The first-order valence-corrected chi connectivity index (χ1v) is 11.6. The number of ketones is 1. The molecular formula is C27H17BrClN3O. The van der Waals surface area contributed by atoms with Crippen molar-refractivity contribution in [1.29, 1.82) is 10.5 Å². The van der Waals surface area contributed by atoms with Gasteiger partial charge in [-0.05, 0) is 29.3 Å². The first kappa shape index (κ1) is 21.5. The van der Waals surface area contributed by atoms with Crippen molar-refractivity contribution >= 4 is 45.1 Å². The van der Waals surface area contributed by atoms with Crippen LogP contribution in [0.25, 0.3) is 6.08 Å². The highest BCUT2D eigenvalue weighted by Gasteiger charge is 2.63. The molecule has 1 saturated heterocycles. The Balaban J connectivity index is 1.80. The van der Waals surface area contributed by atoms with E-state index in [0.29, 0.717) is 16.3 Å². The minimum Gasteiger partial charge on any atom is -0.350 e. The van der Waals surface area contributed by atoms with Gasteiger partial charge in [0.25, 0.3) is 0 Å². The fourth-order valence-corrected chi connectivity index (χ4v) is 5.65. The lowest BCUT2D eigenvalue weighted by Gasteiger charge is -2.36. The van der Waals surface area contributed by atoms with E-state index in [1.165, 1.54) is 0 Å². The van der Waals surface area contributed by atoms with Gasteiger partial charge in [-0.1, -0.05) is 94.3 Å². The number of carbonyl (C=O) groups excluding carboxylic acids is 1. The molecule has 4 nitrogen and oxygen atoms in total. The highest BCUT2D eigenvalue weighted by Crippen LogP contribution is 2.56. The topological polar surface area (TPSA) is 67.9 Å². The van der Waals surface area contributed by atoms with E-state index in [-0.39, 0.29) is 5.78 Å². The Bertz CT molecular complexity index is 1340. The van der Waals surface area contributed by atoms with Crippen LogP contribution in [0.5, 0.6) is 0 Å². The van der Waals surface area contributed by atoms with Crippen molar-refractivity contribution in [3.05, 3.63) is 105 Å². The Morgan fingerprint density at radius 3 is 2.33 bits per heavy atom. The molecule has 2 aliphatic rings. The average molecular weight is 515 g/mol. The zero-order valence-corrected chi connectivity index (χ0v) is 19.7. The maximum absolute atomic E-state index is 14.1. The molecule has 0 amide bonds.